The molecule has 5 heteroatoms. The van der Waals surface area contributed by atoms with Gasteiger partial charge in [0.1, 0.15) is 0 Å². The van der Waals surface area contributed by atoms with E-state index in [1.165, 1.54) is 6.07 Å². The third kappa shape index (κ3) is 2.64. The number of phenols is 1. The molecule has 2 rings (SSSR count). The second kappa shape index (κ2) is 4.85. The molecule has 1 amide bonds. The van der Waals surface area contributed by atoms with Crippen molar-refractivity contribution in [3.63, 3.8) is 0 Å². The molecule has 2 N–H and O–H groups in total. The van der Waals surface area contributed by atoms with Gasteiger partial charge in [0.25, 0.3) is 5.91 Å². The van der Waals surface area contributed by atoms with Crippen molar-refractivity contribution in [2.45, 2.75) is 6.04 Å². The molecule has 0 aromatic heterocycles. The van der Waals surface area contributed by atoms with Crippen molar-refractivity contribution < 1.29 is 19.4 Å². The molecule has 0 atom stereocenters. The van der Waals surface area contributed by atoms with Crippen LogP contribution in [0.3, 0.4) is 0 Å². The summed E-state index contributed by atoms with van der Waals surface area (Å²) in [5, 5.41) is 12.1. The minimum Gasteiger partial charge on any atom is -0.504 e. The van der Waals surface area contributed by atoms with Gasteiger partial charge in [-0.3, -0.25) is 4.79 Å². The van der Waals surface area contributed by atoms with E-state index in [0.717, 1.165) is 0 Å². The van der Waals surface area contributed by atoms with Gasteiger partial charge in [0.15, 0.2) is 18.1 Å². The van der Waals surface area contributed by atoms with Crippen LogP contribution in [0.25, 0.3) is 0 Å². The van der Waals surface area contributed by atoms with Gasteiger partial charge in [-0.1, -0.05) is 12.1 Å². The van der Waals surface area contributed by atoms with Crippen LogP contribution in [0.15, 0.2) is 24.3 Å². The first kappa shape index (κ1) is 10.8. The van der Waals surface area contributed by atoms with E-state index in [2.05, 4.69) is 5.32 Å². The molecule has 1 heterocycles. The highest BCUT2D eigenvalue weighted by molar-refractivity contribution is 5.78. The van der Waals surface area contributed by atoms with Crippen LogP contribution in [-0.2, 0) is 9.53 Å². The van der Waals surface area contributed by atoms with Crippen molar-refractivity contribution in [1.29, 1.82) is 0 Å². The normalized spacial score (nSPS) is 15.2. The Kier molecular flexibility index (Phi) is 3.26. The Balaban J connectivity index is 1.78. The molecule has 1 aliphatic heterocycles. The lowest BCUT2D eigenvalue weighted by molar-refractivity contribution is -0.127. The molecule has 86 valence electrons. The lowest BCUT2D eigenvalue weighted by Gasteiger charge is -2.26. The maximum atomic E-state index is 11.4. The summed E-state index contributed by atoms with van der Waals surface area (Å²) in [7, 11) is 0. The summed E-state index contributed by atoms with van der Waals surface area (Å²) in [6, 6.07) is 6.63. The molecular formula is C11H13NO4. The Morgan fingerprint density at radius 2 is 2.25 bits per heavy atom. The number of hydrogen-bond acceptors (Lipinski definition) is 4. The second-order valence-corrected chi connectivity index (χ2v) is 3.56. The van der Waals surface area contributed by atoms with Crippen LogP contribution >= 0.6 is 0 Å². The van der Waals surface area contributed by atoms with Gasteiger partial charge < -0.3 is 19.9 Å². The Morgan fingerprint density at radius 1 is 1.50 bits per heavy atom. The number of carbonyl (C=O) groups is 1. The molecule has 1 aliphatic rings. The molecule has 16 heavy (non-hydrogen) atoms. The minimum absolute atomic E-state index is 0.0299. The van der Waals surface area contributed by atoms with Gasteiger partial charge in [-0.15, -0.1) is 0 Å². The molecule has 1 saturated heterocycles. The first-order chi connectivity index (χ1) is 7.75. The fraction of sp³-hybridized carbons (Fsp3) is 0.364. The van der Waals surface area contributed by atoms with Crippen LogP contribution < -0.4 is 10.1 Å². The zero-order valence-corrected chi connectivity index (χ0v) is 8.68. The number of benzene rings is 1. The molecule has 1 aromatic carbocycles. The van der Waals surface area contributed by atoms with E-state index in [-0.39, 0.29) is 24.3 Å². The first-order valence-corrected chi connectivity index (χ1v) is 5.03. The average Bonchev–Trinajstić information content (AvgIpc) is 2.22. The summed E-state index contributed by atoms with van der Waals surface area (Å²) >= 11 is 0. The number of ether oxygens (including phenoxy) is 2. The SMILES string of the molecule is O=C(COc1ccccc1O)NC1COC1. The van der Waals surface area contributed by atoms with E-state index in [0.29, 0.717) is 19.0 Å². The largest absolute Gasteiger partial charge is 0.504 e. The predicted octanol–water partition coefficient (Wildman–Crippen LogP) is 0.286. The van der Waals surface area contributed by atoms with E-state index in [4.69, 9.17) is 9.47 Å². The zero-order valence-electron chi connectivity index (χ0n) is 8.68. The summed E-state index contributed by atoms with van der Waals surface area (Å²) in [5.41, 5.74) is 0. The van der Waals surface area contributed by atoms with Crippen LogP contribution in [0.4, 0.5) is 0 Å². The highest BCUT2D eigenvalue weighted by atomic mass is 16.5. The van der Waals surface area contributed by atoms with Crippen LogP contribution in [0.2, 0.25) is 0 Å². The molecule has 0 bridgehead atoms. The molecule has 5 nitrogen and oxygen atoms in total. The number of amides is 1. The standard InChI is InChI=1S/C11H13NO4/c13-9-3-1-2-4-10(9)16-7-11(14)12-8-5-15-6-8/h1-4,8,13H,5-7H2,(H,12,14). The van der Waals surface area contributed by atoms with E-state index >= 15 is 0 Å². The van der Waals surface area contributed by atoms with Gasteiger partial charge in [-0.25, -0.2) is 0 Å². The molecule has 1 aromatic rings. The van der Waals surface area contributed by atoms with E-state index in [1.54, 1.807) is 18.2 Å². The molecule has 0 saturated carbocycles. The summed E-state index contributed by atoms with van der Waals surface area (Å²) in [4.78, 5) is 11.4. The molecule has 0 spiro atoms. The van der Waals surface area contributed by atoms with Gasteiger partial charge in [-0.05, 0) is 12.1 Å². The molecule has 1 fully saturated rings. The zero-order chi connectivity index (χ0) is 11.4. The Labute approximate surface area is 93.0 Å². The lowest BCUT2D eigenvalue weighted by Crippen LogP contribution is -2.49. The van der Waals surface area contributed by atoms with E-state index < -0.39 is 0 Å². The Morgan fingerprint density at radius 3 is 2.88 bits per heavy atom. The first-order valence-electron chi connectivity index (χ1n) is 5.03. The molecular weight excluding hydrogens is 210 g/mol. The monoisotopic (exact) mass is 223 g/mol. The minimum atomic E-state index is -0.212. The van der Waals surface area contributed by atoms with Crippen molar-refractivity contribution in [2.24, 2.45) is 0 Å². The van der Waals surface area contributed by atoms with Gasteiger partial charge in [0.2, 0.25) is 0 Å². The van der Waals surface area contributed by atoms with E-state index in [1.807, 2.05) is 0 Å². The lowest BCUT2D eigenvalue weighted by atomic mass is 10.2. The maximum Gasteiger partial charge on any atom is 0.258 e. The van der Waals surface area contributed by atoms with Gasteiger partial charge in [0.05, 0.1) is 19.3 Å². The quantitative estimate of drug-likeness (QED) is 0.769. The maximum absolute atomic E-state index is 11.4. The van der Waals surface area contributed by atoms with Gasteiger partial charge in [0, 0.05) is 0 Å². The van der Waals surface area contributed by atoms with Crippen LogP contribution in [0.5, 0.6) is 11.5 Å². The molecule has 0 aliphatic carbocycles. The topological polar surface area (TPSA) is 67.8 Å². The number of phenolic OH excluding ortho intramolecular Hbond substituents is 1. The van der Waals surface area contributed by atoms with Crippen LogP contribution in [-0.4, -0.2) is 36.9 Å². The molecule has 0 radical (unpaired) electrons. The fourth-order valence-corrected chi connectivity index (χ4v) is 1.31. The predicted molar refractivity (Wildman–Crippen MR) is 56.4 cm³/mol. The van der Waals surface area contributed by atoms with Crippen molar-refractivity contribution in [3.8, 4) is 11.5 Å². The van der Waals surface area contributed by atoms with Crippen molar-refractivity contribution in [3.05, 3.63) is 24.3 Å². The number of para-hydroxylation sites is 2. The summed E-state index contributed by atoms with van der Waals surface area (Å²) < 4.78 is 10.1. The molecule has 0 unspecified atom stereocenters. The summed E-state index contributed by atoms with van der Waals surface area (Å²) in [6.07, 6.45) is 0. The summed E-state index contributed by atoms with van der Waals surface area (Å²) in [6.45, 7) is 1.01. The van der Waals surface area contributed by atoms with Crippen molar-refractivity contribution in [1.82, 2.24) is 5.32 Å². The summed E-state index contributed by atoms with van der Waals surface area (Å²) in [5.74, 6) is 0.126. The number of rotatable bonds is 4. The number of carbonyl (C=O) groups excluding carboxylic acids is 1. The highest BCUT2D eigenvalue weighted by Gasteiger charge is 2.20. The van der Waals surface area contributed by atoms with Crippen LogP contribution in [0.1, 0.15) is 0 Å². The number of nitrogens with one attached hydrogen (secondary N) is 1. The number of hydrogen-bond donors (Lipinski definition) is 2. The van der Waals surface area contributed by atoms with E-state index in [9.17, 15) is 9.90 Å². The van der Waals surface area contributed by atoms with Gasteiger partial charge >= 0.3 is 0 Å². The third-order valence-corrected chi connectivity index (χ3v) is 2.23. The second-order valence-electron chi connectivity index (χ2n) is 3.56. The third-order valence-electron chi connectivity index (χ3n) is 2.23. The Hall–Kier alpha value is -1.75. The highest BCUT2D eigenvalue weighted by Crippen LogP contribution is 2.23. The van der Waals surface area contributed by atoms with Crippen molar-refractivity contribution >= 4 is 5.91 Å². The Bertz CT molecular complexity index is 376. The van der Waals surface area contributed by atoms with Crippen molar-refractivity contribution in [2.75, 3.05) is 19.8 Å². The smallest absolute Gasteiger partial charge is 0.258 e. The average molecular weight is 223 g/mol. The van der Waals surface area contributed by atoms with Crippen LogP contribution in [0, 0.1) is 0 Å². The fourth-order valence-electron chi connectivity index (χ4n) is 1.31. The van der Waals surface area contributed by atoms with Gasteiger partial charge in [-0.2, -0.15) is 0 Å². The number of aromatic hydroxyl groups is 1.